The Labute approximate surface area is 94.9 Å². The minimum Gasteiger partial charge on any atom is -0.367 e. The van der Waals surface area contributed by atoms with Crippen molar-refractivity contribution in [3.05, 3.63) is 21.7 Å². The van der Waals surface area contributed by atoms with Crippen molar-refractivity contribution in [1.82, 2.24) is 9.97 Å². The third-order valence-electron chi connectivity index (χ3n) is 3.12. The monoisotopic (exact) mass is 224 g/mol. The van der Waals surface area contributed by atoms with Crippen LogP contribution < -0.4 is 0 Å². The number of aryl methyl sites for hydroxylation is 1. The van der Waals surface area contributed by atoms with Gasteiger partial charge in [0.15, 0.2) is 0 Å². The van der Waals surface area contributed by atoms with Gasteiger partial charge in [0.25, 0.3) is 0 Å². The Morgan fingerprint density at radius 2 is 2.20 bits per heavy atom. The van der Waals surface area contributed by atoms with Gasteiger partial charge in [-0.3, -0.25) is 0 Å². The molecule has 0 radical (unpaired) electrons. The minimum absolute atomic E-state index is 0.272. The molecule has 2 heterocycles. The summed E-state index contributed by atoms with van der Waals surface area (Å²) < 4.78 is 6.41. The van der Waals surface area contributed by atoms with Crippen LogP contribution in [0.25, 0.3) is 0 Å². The Bertz CT molecular complexity index is 433. The number of ether oxygens (including phenoxy) is 1. The van der Waals surface area contributed by atoms with Crippen LogP contribution >= 0.6 is 12.2 Å². The van der Waals surface area contributed by atoms with Crippen LogP contribution in [0.3, 0.4) is 0 Å². The molecule has 1 aliphatic rings. The Balaban J connectivity index is 2.50. The zero-order valence-corrected chi connectivity index (χ0v) is 10.2. The van der Waals surface area contributed by atoms with Gasteiger partial charge in [-0.1, -0.05) is 12.2 Å². The van der Waals surface area contributed by atoms with Crippen LogP contribution in [0.1, 0.15) is 36.8 Å². The maximum absolute atomic E-state index is 5.74. The van der Waals surface area contributed by atoms with Gasteiger partial charge in [-0.15, -0.1) is 0 Å². The van der Waals surface area contributed by atoms with Crippen LogP contribution in [-0.2, 0) is 10.3 Å². The highest BCUT2D eigenvalue weighted by atomic mass is 32.1. The number of aromatic nitrogens is 2. The average molecular weight is 224 g/mol. The van der Waals surface area contributed by atoms with Crippen LogP contribution in [0.5, 0.6) is 0 Å². The molecule has 1 aromatic rings. The van der Waals surface area contributed by atoms with E-state index in [-0.39, 0.29) is 5.60 Å². The smallest absolute Gasteiger partial charge is 0.140 e. The number of nitrogens with zero attached hydrogens (tertiary/aromatic N) is 1. The van der Waals surface area contributed by atoms with Gasteiger partial charge in [0, 0.05) is 17.9 Å². The van der Waals surface area contributed by atoms with Gasteiger partial charge in [0.2, 0.25) is 0 Å². The van der Waals surface area contributed by atoms with E-state index in [4.69, 9.17) is 17.0 Å². The lowest BCUT2D eigenvalue weighted by molar-refractivity contribution is 0.00908. The Hall–Kier alpha value is -0.740. The van der Waals surface area contributed by atoms with E-state index in [0.29, 0.717) is 4.64 Å². The lowest BCUT2D eigenvalue weighted by Crippen LogP contribution is -2.24. The molecule has 1 atom stereocenters. The van der Waals surface area contributed by atoms with Gasteiger partial charge in [-0.2, -0.15) is 0 Å². The summed E-state index contributed by atoms with van der Waals surface area (Å²) >= 11 is 5.23. The first-order valence-corrected chi connectivity index (χ1v) is 5.66. The highest BCUT2D eigenvalue weighted by Crippen LogP contribution is 2.33. The number of nitrogens with one attached hydrogen (secondary N) is 1. The lowest BCUT2D eigenvalue weighted by Gasteiger charge is -2.22. The molecular formula is C11H16N2OS. The van der Waals surface area contributed by atoms with E-state index in [9.17, 15) is 0 Å². The molecule has 1 N–H and O–H groups in total. The van der Waals surface area contributed by atoms with E-state index < -0.39 is 0 Å². The lowest BCUT2D eigenvalue weighted by atomic mass is 10.0. The van der Waals surface area contributed by atoms with E-state index in [0.717, 1.165) is 36.5 Å². The van der Waals surface area contributed by atoms with Gasteiger partial charge >= 0.3 is 0 Å². The van der Waals surface area contributed by atoms with Gasteiger partial charge in [-0.05, 0) is 33.6 Å². The number of H-pyrrole nitrogens is 1. The van der Waals surface area contributed by atoms with E-state index >= 15 is 0 Å². The fraction of sp³-hybridized carbons (Fsp3) is 0.636. The maximum atomic E-state index is 5.74. The summed E-state index contributed by atoms with van der Waals surface area (Å²) in [7, 11) is 0. The van der Waals surface area contributed by atoms with Crippen LogP contribution in [0.15, 0.2) is 0 Å². The fourth-order valence-corrected chi connectivity index (χ4v) is 2.11. The second kappa shape index (κ2) is 3.68. The van der Waals surface area contributed by atoms with Crippen LogP contribution in [0.2, 0.25) is 0 Å². The second-order valence-electron chi connectivity index (χ2n) is 4.32. The normalized spacial score (nSPS) is 25.8. The molecule has 1 aromatic heterocycles. The van der Waals surface area contributed by atoms with Crippen molar-refractivity contribution in [1.29, 1.82) is 0 Å². The molecule has 0 saturated carbocycles. The van der Waals surface area contributed by atoms with Gasteiger partial charge < -0.3 is 9.72 Å². The topological polar surface area (TPSA) is 37.9 Å². The summed E-state index contributed by atoms with van der Waals surface area (Å²) in [4.78, 5) is 7.72. The summed E-state index contributed by atoms with van der Waals surface area (Å²) in [5, 5.41) is 0. The first-order valence-electron chi connectivity index (χ1n) is 5.25. The van der Waals surface area contributed by atoms with Crippen LogP contribution in [-0.4, -0.2) is 16.6 Å². The number of aromatic amines is 1. The molecule has 82 valence electrons. The fourth-order valence-electron chi connectivity index (χ4n) is 1.86. The Morgan fingerprint density at radius 1 is 1.47 bits per heavy atom. The summed E-state index contributed by atoms with van der Waals surface area (Å²) in [6.45, 7) is 6.89. The predicted octanol–water partition coefficient (Wildman–Crippen LogP) is 2.78. The molecular weight excluding hydrogens is 208 g/mol. The van der Waals surface area contributed by atoms with Crippen molar-refractivity contribution in [2.75, 3.05) is 6.61 Å². The average Bonchev–Trinajstić information content (AvgIpc) is 2.62. The molecule has 0 amide bonds. The van der Waals surface area contributed by atoms with Crippen molar-refractivity contribution < 1.29 is 4.74 Å². The predicted molar refractivity (Wildman–Crippen MR) is 61.4 cm³/mol. The summed E-state index contributed by atoms with van der Waals surface area (Å²) in [5.41, 5.74) is 1.86. The van der Waals surface area contributed by atoms with E-state index in [2.05, 4.69) is 16.9 Å². The van der Waals surface area contributed by atoms with Crippen molar-refractivity contribution in [2.45, 2.75) is 39.2 Å². The van der Waals surface area contributed by atoms with E-state index in [1.165, 1.54) is 0 Å². The Kier molecular flexibility index (Phi) is 2.64. The molecule has 3 nitrogen and oxygen atoms in total. The highest BCUT2D eigenvalue weighted by Gasteiger charge is 2.34. The van der Waals surface area contributed by atoms with E-state index in [1.807, 2.05) is 13.8 Å². The molecule has 1 fully saturated rings. The molecule has 1 unspecified atom stereocenters. The molecule has 0 spiro atoms. The second-order valence-corrected chi connectivity index (χ2v) is 4.71. The van der Waals surface area contributed by atoms with Crippen molar-refractivity contribution >= 4 is 12.2 Å². The number of hydrogen-bond donors (Lipinski definition) is 1. The zero-order valence-electron chi connectivity index (χ0n) is 9.39. The molecule has 1 aliphatic heterocycles. The zero-order chi connectivity index (χ0) is 11.1. The van der Waals surface area contributed by atoms with Crippen molar-refractivity contribution in [3.8, 4) is 0 Å². The molecule has 1 saturated heterocycles. The molecule has 15 heavy (non-hydrogen) atoms. The molecule has 0 aliphatic carbocycles. The third kappa shape index (κ3) is 1.84. The molecule has 2 rings (SSSR count). The first-order chi connectivity index (χ1) is 7.03. The SMILES string of the molecule is Cc1[nH]c(C2(C)CCCO2)nc(=S)c1C. The van der Waals surface area contributed by atoms with Gasteiger partial charge in [0.1, 0.15) is 16.1 Å². The van der Waals surface area contributed by atoms with Gasteiger partial charge in [0.05, 0.1) is 0 Å². The largest absolute Gasteiger partial charge is 0.367 e. The van der Waals surface area contributed by atoms with Gasteiger partial charge in [-0.25, -0.2) is 4.98 Å². The van der Waals surface area contributed by atoms with Crippen molar-refractivity contribution in [3.63, 3.8) is 0 Å². The molecule has 0 aromatic carbocycles. The summed E-state index contributed by atoms with van der Waals surface area (Å²) in [6.07, 6.45) is 2.10. The number of hydrogen-bond acceptors (Lipinski definition) is 3. The van der Waals surface area contributed by atoms with Crippen LogP contribution in [0, 0.1) is 18.5 Å². The first kappa shape index (κ1) is 10.8. The Morgan fingerprint density at radius 3 is 2.73 bits per heavy atom. The number of rotatable bonds is 1. The minimum atomic E-state index is -0.272. The molecule has 0 bridgehead atoms. The third-order valence-corrected chi connectivity index (χ3v) is 3.52. The summed E-state index contributed by atoms with van der Waals surface area (Å²) in [6, 6.07) is 0. The summed E-state index contributed by atoms with van der Waals surface area (Å²) in [5.74, 6) is 0.869. The van der Waals surface area contributed by atoms with E-state index in [1.54, 1.807) is 0 Å². The van der Waals surface area contributed by atoms with Crippen LogP contribution in [0.4, 0.5) is 0 Å². The standard InChI is InChI=1S/C11H16N2OS/c1-7-8(2)12-10(13-9(7)15)11(3)5-4-6-14-11/h4-6H2,1-3H3,(H,12,13,15). The maximum Gasteiger partial charge on any atom is 0.140 e. The highest BCUT2D eigenvalue weighted by molar-refractivity contribution is 7.71. The molecule has 4 heteroatoms. The quantitative estimate of drug-likeness (QED) is 0.745. The van der Waals surface area contributed by atoms with Crippen molar-refractivity contribution in [2.24, 2.45) is 0 Å².